The molecule has 1 aliphatic carbocycles. The van der Waals surface area contributed by atoms with Crippen LogP contribution in [0.5, 0.6) is 0 Å². The van der Waals surface area contributed by atoms with Gasteiger partial charge in [0.15, 0.2) is 0 Å². The first-order valence-corrected chi connectivity index (χ1v) is 10.3. The molecule has 0 atom stereocenters. The zero-order chi connectivity index (χ0) is 20.8. The second-order valence-electron chi connectivity index (χ2n) is 8.07. The van der Waals surface area contributed by atoms with Crippen LogP contribution in [0.15, 0.2) is 48.5 Å². The van der Waals surface area contributed by atoms with E-state index in [1.807, 2.05) is 72.4 Å². The van der Waals surface area contributed by atoms with Crippen LogP contribution in [0, 0.1) is 5.92 Å². The molecule has 0 unspecified atom stereocenters. The van der Waals surface area contributed by atoms with Gasteiger partial charge in [0.2, 0.25) is 11.8 Å². The Kier molecular flexibility index (Phi) is 6.91. The second kappa shape index (κ2) is 9.59. The van der Waals surface area contributed by atoms with Crippen LogP contribution in [0.1, 0.15) is 43.7 Å². The number of rotatable bonds is 7. The average Bonchev–Trinajstić information content (AvgIpc) is 3.23. The van der Waals surface area contributed by atoms with E-state index in [-0.39, 0.29) is 17.7 Å². The van der Waals surface area contributed by atoms with Crippen molar-refractivity contribution in [3.8, 4) is 0 Å². The van der Waals surface area contributed by atoms with E-state index in [1.165, 1.54) is 0 Å². The standard InChI is InChI=1S/C24H31N3O2/c1-18(28)27(16-19-9-5-4-6-10-19)17-21-15-22(13-14-23(21)26(2)3)25-24(29)20-11-7-8-12-20/h4-6,9-10,13-15,20H,7-8,11-12,16-17H2,1-3H3,(H,25,29). The first-order valence-electron chi connectivity index (χ1n) is 10.3. The minimum Gasteiger partial charge on any atom is -0.377 e. The summed E-state index contributed by atoms with van der Waals surface area (Å²) in [5.41, 5.74) is 3.96. The van der Waals surface area contributed by atoms with E-state index in [9.17, 15) is 9.59 Å². The number of carbonyl (C=O) groups excluding carboxylic acids is 2. The van der Waals surface area contributed by atoms with E-state index < -0.39 is 0 Å². The predicted octanol–water partition coefficient (Wildman–Crippen LogP) is 4.43. The molecule has 2 aromatic carbocycles. The molecule has 0 aromatic heterocycles. The van der Waals surface area contributed by atoms with Gasteiger partial charge in [0.25, 0.3) is 0 Å². The van der Waals surface area contributed by atoms with Gasteiger partial charge in [-0.2, -0.15) is 0 Å². The summed E-state index contributed by atoms with van der Waals surface area (Å²) in [7, 11) is 3.98. The molecule has 1 aliphatic rings. The smallest absolute Gasteiger partial charge is 0.227 e. The first kappa shape index (κ1) is 20.9. The van der Waals surface area contributed by atoms with Crippen molar-refractivity contribution in [1.82, 2.24) is 4.90 Å². The zero-order valence-corrected chi connectivity index (χ0v) is 17.6. The molecule has 0 bridgehead atoms. The van der Waals surface area contributed by atoms with Crippen LogP contribution in [0.4, 0.5) is 11.4 Å². The van der Waals surface area contributed by atoms with Crippen LogP contribution in [0.2, 0.25) is 0 Å². The number of amides is 2. The molecular weight excluding hydrogens is 362 g/mol. The van der Waals surface area contributed by atoms with Gasteiger partial charge in [-0.1, -0.05) is 43.2 Å². The molecule has 1 N–H and O–H groups in total. The molecule has 3 rings (SSSR count). The van der Waals surface area contributed by atoms with Gasteiger partial charge >= 0.3 is 0 Å². The first-order chi connectivity index (χ1) is 13.9. The van der Waals surface area contributed by atoms with Gasteiger partial charge in [0.05, 0.1) is 0 Å². The monoisotopic (exact) mass is 393 g/mol. The molecule has 0 heterocycles. The summed E-state index contributed by atoms with van der Waals surface area (Å²) in [5.74, 6) is 0.261. The average molecular weight is 394 g/mol. The molecule has 2 amide bonds. The number of nitrogens with zero attached hydrogens (tertiary/aromatic N) is 2. The third-order valence-electron chi connectivity index (χ3n) is 5.58. The van der Waals surface area contributed by atoms with Crippen LogP contribution in [-0.4, -0.2) is 30.8 Å². The lowest BCUT2D eigenvalue weighted by molar-refractivity contribution is -0.130. The third-order valence-corrected chi connectivity index (χ3v) is 5.58. The number of anilines is 2. The fraction of sp³-hybridized carbons (Fsp3) is 0.417. The Morgan fingerprint density at radius 3 is 2.31 bits per heavy atom. The van der Waals surface area contributed by atoms with Crippen LogP contribution in [-0.2, 0) is 22.7 Å². The molecule has 154 valence electrons. The fourth-order valence-electron chi connectivity index (χ4n) is 3.95. The largest absolute Gasteiger partial charge is 0.377 e. The summed E-state index contributed by atoms with van der Waals surface area (Å²) in [6.45, 7) is 2.65. The van der Waals surface area contributed by atoms with E-state index in [0.717, 1.165) is 48.2 Å². The maximum Gasteiger partial charge on any atom is 0.227 e. The van der Waals surface area contributed by atoms with Crippen LogP contribution >= 0.6 is 0 Å². The van der Waals surface area contributed by atoms with Gasteiger partial charge < -0.3 is 15.1 Å². The van der Waals surface area contributed by atoms with Crippen molar-refractivity contribution in [2.75, 3.05) is 24.3 Å². The second-order valence-corrected chi connectivity index (χ2v) is 8.07. The fourth-order valence-corrected chi connectivity index (χ4v) is 3.95. The highest BCUT2D eigenvalue weighted by Crippen LogP contribution is 2.28. The molecule has 5 nitrogen and oxygen atoms in total. The Morgan fingerprint density at radius 1 is 1.00 bits per heavy atom. The quantitative estimate of drug-likeness (QED) is 0.757. The molecule has 1 fully saturated rings. The Balaban J connectivity index is 1.80. The van der Waals surface area contributed by atoms with E-state index in [1.54, 1.807) is 6.92 Å². The third kappa shape index (κ3) is 5.59. The molecule has 1 saturated carbocycles. The van der Waals surface area contributed by atoms with Gasteiger partial charge in [-0.05, 0) is 42.2 Å². The van der Waals surface area contributed by atoms with Gasteiger partial charge in [0.1, 0.15) is 0 Å². The molecular formula is C24H31N3O2. The minimum atomic E-state index is 0.0268. The van der Waals surface area contributed by atoms with Gasteiger partial charge in [0, 0.05) is 51.4 Å². The van der Waals surface area contributed by atoms with Crippen molar-refractivity contribution in [2.45, 2.75) is 45.7 Å². The molecule has 0 spiro atoms. The molecule has 0 saturated heterocycles. The number of nitrogens with one attached hydrogen (secondary N) is 1. The highest BCUT2D eigenvalue weighted by molar-refractivity contribution is 5.93. The number of hydrogen-bond acceptors (Lipinski definition) is 3. The van der Waals surface area contributed by atoms with Crippen molar-refractivity contribution in [2.24, 2.45) is 5.92 Å². The summed E-state index contributed by atoms with van der Waals surface area (Å²) >= 11 is 0. The molecule has 0 aliphatic heterocycles. The Labute approximate surface area is 173 Å². The van der Waals surface area contributed by atoms with Crippen molar-refractivity contribution in [1.29, 1.82) is 0 Å². The van der Waals surface area contributed by atoms with Crippen LogP contribution in [0.25, 0.3) is 0 Å². The van der Waals surface area contributed by atoms with Gasteiger partial charge in [-0.25, -0.2) is 0 Å². The summed E-state index contributed by atoms with van der Waals surface area (Å²) < 4.78 is 0. The summed E-state index contributed by atoms with van der Waals surface area (Å²) in [6, 6.07) is 16.0. The molecule has 29 heavy (non-hydrogen) atoms. The van der Waals surface area contributed by atoms with Gasteiger partial charge in [-0.15, -0.1) is 0 Å². The topological polar surface area (TPSA) is 52.7 Å². The van der Waals surface area contributed by atoms with Crippen molar-refractivity contribution < 1.29 is 9.59 Å². The number of carbonyl (C=O) groups is 2. The number of benzene rings is 2. The Bertz CT molecular complexity index is 842. The zero-order valence-electron chi connectivity index (χ0n) is 17.6. The van der Waals surface area contributed by atoms with E-state index in [4.69, 9.17) is 0 Å². The summed E-state index contributed by atoms with van der Waals surface area (Å²) in [4.78, 5) is 28.7. The lowest BCUT2D eigenvalue weighted by atomic mass is 10.1. The maximum absolute atomic E-state index is 12.5. The lowest BCUT2D eigenvalue weighted by Crippen LogP contribution is -2.28. The predicted molar refractivity (Wildman–Crippen MR) is 118 cm³/mol. The number of hydrogen-bond donors (Lipinski definition) is 1. The van der Waals surface area contributed by atoms with E-state index >= 15 is 0 Å². The lowest BCUT2D eigenvalue weighted by Gasteiger charge is -2.25. The molecule has 5 heteroatoms. The molecule has 0 radical (unpaired) electrons. The van der Waals surface area contributed by atoms with Crippen LogP contribution < -0.4 is 10.2 Å². The highest BCUT2D eigenvalue weighted by Gasteiger charge is 2.23. The van der Waals surface area contributed by atoms with Crippen molar-refractivity contribution >= 4 is 23.2 Å². The SMILES string of the molecule is CC(=O)N(Cc1ccccc1)Cc1cc(NC(=O)C2CCCC2)ccc1N(C)C. The van der Waals surface area contributed by atoms with Crippen molar-refractivity contribution in [3.63, 3.8) is 0 Å². The highest BCUT2D eigenvalue weighted by atomic mass is 16.2. The van der Waals surface area contributed by atoms with E-state index in [2.05, 4.69) is 5.32 Å². The normalized spacial score (nSPS) is 13.9. The summed E-state index contributed by atoms with van der Waals surface area (Å²) in [6.07, 6.45) is 4.22. The van der Waals surface area contributed by atoms with E-state index in [0.29, 0.717) is 13.1 Å². The van der Waals surface area contributed by atoms with Gasteiger partial charge in [-0.3, -0.25) is 9.59 Å². The maximum atomic E-state index is 12.5. The Hall–Kier alpha value is -2.82. The minimum absolute atomic E-state index is 0.0268. The Morgan fingerprint density at radius 2 is 1.69 bits per heavy atom. The molecule has 2 aromatic rings. The van der Waals surface area contributed by atoms with Crippen molar-refractivity contribution in [3.05, 3.63) is 59.7 Å². The summed E-state index contributed by atoms with van der Waals surface area (Å²) in [5, 5.41) is 3.08. The van der Waals surface area contributed by atoms with Crippen LogP contribution in [0.3, 0.4) is 0 Å².